The van der Waals surface area contributed by atoms with Gasteiger partial charge >= 0.3 is 0 Å². The van der Waals surface area contributed by atoms with Crippen molar-refractivity contribution in [1.82, 2.24) is 0 Å². The van der Waals surface area contributed by atoms with Gasteiger partial charge in [0.2, 0.25) is 0 Å². The zero-order valence-electron chi connectivity index (χ0n) is 4.03. The lowest BCUT2D eigenvalue weighted by atomic mass is 10.8. The molecule has 0 bridgehead atoms. The normalized spacial score (nSPS) is 8.33. The summed E-state index contributed by atoms with van der Waals surface area (Å²) in [4.78, 5) is 0.956. The van der Waals surface area contributed by atoms with Crippen molar-refractivity contribution in [3.63, 3.8) is 0 Å². The number of thioether (sulfide) groups is 1. The van der Waals surface area contributed by atoms with Crippen molar-refractivity contribution in [3.8, 4) is 0 Å². The van der Waals surface area contributed by atoms with E-state index in [2.05, 4.69) is 20.4 Å². The van der Waals surface area contributed by atoms with E-state index in [1.807, 2.05) is 0 Å². The monoisotopic (exact) mass is 101 g/mol. The summed E-state index contributed by atoms with van der Waals surface area (Å²) in [6.07, 6.45) is 0. The molecule has 0 aromatic rings. The Hall–Kier alpha value is 0.0900. The smallest absolute Gasteiger partial charge is 0.00519 e. The maximum Gasteiger partial charge on any atom is -0.00519 e. The molecule has 0 N–H and O–H groups in total. The van der Waals surface area contributed by atoms with E-state index in [-0.39, 0.29) is 0 Å². The molecular weight excluding hydrogens is 92.1 g/mol. The average Bonchev–Trinajstić information content (AvgIpc) is 1.35. The topological polar surface area (TPSA) is 0 Å². The molecule has 0 aliphatic rings. The Balaban J connectivity index is 2.83. The predicted molar refractivity (Wildman–Crippen MR) is 32.6 cm³/mol. The van der Waals surface area contributed by atoms with E-state index in [0.29, 0.717) is 0 Å². The second kappa shape index (κ2) is 3.29. The molecule has 35 valence electrons. The van der Waals surface area contributed by atoms with E-state index >= 15 is 0 Å². The van der Waals surface area contributed by atoms with Crippen LogP contribution in [0.3, 0.4) is 0 Å². The molecule has 0 fully saturated rings. The van der Waals surface area contributed by atoms with Gasteiger partial charge in [0.1, 0.15) is 0 Å². The van der Waals surface area contributed by atoms with Crippen LogP contribution in [0.25, 0.3) is 0 Å². The highest BCUT2D eigenvalue weighted by Crippen LogP contribution is 2.08. The summed E-state index contributed by atoms with van der Waals surface area (Å²) in [6, 6.07) is 0. The molecule has 0 amide bonds. The molecule has 0 spiro atoms. The second-order valence-electron chi connectivity index (χ2n) is 0.972. The Morgan fingerprint density at radius 3 is 2.33 bits per heavy atom. The van der Waals surface area contributed by atoms with Crippen LogP contribution in [0, 0.1) is 6.92 Å². The molecule has 0 saturated carbocycles. The zero-order valence-corrected chi connectivity index (χ0v) is 4.85. The van der Waals surface area contributed by atoms with Crippen molar-refractivity contribution < 1.29 is 0 Å². The highest BCUT2D eigenvalue weighted by atomic mass is 32.2. The number of hydrogen-bond donors (Lipinski definition) is 0. The first-order chi connectivity index (χ1) is 2.77. The molecule has 0 rings (SSSR count). The first-order valence-electron chi connectivity index (χ1n) is 1.91. The third-order valence-corrected chi connectivity index (χ3v) is 1.05. The lowest BCUT2D eigenvalue weighted by Crippen LogP contribution is -1.62. The third kappa shape index (κ3) is 4.09. The number of allylic oxidation sites excluding steroid dienone is 1. The van der Waals surface area contributed by atoms with Gasteiger partial charge in [-0.1, -0.05) is 13.5 Å². The zero-order chi connectivity index (χ0) is 4.99. The molecule has 6 heavy (non-hydrogen) atoms. The fourth-order valence-corrected chi connectivity index (χ4v) is 0.612. The van der Waals surface area contributed by atoms with Crippen LogP contribution in [0.4, 0.5) is 0 Å². The van der Waals surface area contributed by atoms with Crippen LogP contribution in [-0.4, -0.2) is 5.75 Å². The summed E-state index contributed by atoms with van der Waals surface area (Å²) in [5, 5.41) is 0. The van der Waals surface area contributed by atoms with Crippen molar-refractivity contribution >= 4 is 11.8 Å². The van der Waals surface area contributed by atoms with Gasteiger partial charge in [-0.2, -0.15) is 0 Å². The molecule has 0 aliphatic heterocycles. The fraction of sp³-hybridized carbons (Fsp3) is 0.400. The average molecular weight is 101 g/mol. The van der Waals surface area contributed by atoms with E-state index in [1.165, 1.54) is 0 Å². The van der Waals surface area contributed by atoms with Crippen molar-refractivity contribution in [2.45, 2.75) is 6.92 Å². The molecule has 0 atom stereocenters. The van der Waals surface area contributed by atoms with Crippen LogP contribution >= 0.6 is 11.8 Å². The summed E-state index contributed by atoms with van der Waals surface area (Å²) in [7, 11) is 0. The Morgan fingerprint density at radius 2 is 2.33 bits per heavy atom. The van der Waals surface area contributed by atoms with Crippen LogP contribution in [0.2, 0.25) is 0 Å². The second-order valence-corrected chi connectivity index (χ2v) is 2.42. The van der Waals surface area contributed by atoms with Gasteiger partial charge in [0.15, 0.2) is 0 Å². The maximum absolute atomic E-state index is 3.60. The van der Waals surface area contributed by atoms with Gasteiger partial charge in [-0.15, -0.1) is 11.8 Å². The van der Waals surface area contributed by atoms with Gasteiger partial charge in [0.05, 0.1) is 0 Å². The highest BCUT2D eigenvalue weighted by Gasteiger charge is 1.76. The van der Waals surface area contributed by atoms with Crippen molar-refractivity contribution in [1.29, 1.82) is 0 Å². The Morgan fingerprint density at radius 1 is 1.83 bits per heavy atom. The fourth-order valence-electron chi connectivity index (χ4n) is 0.204. The molecule has 1 radical (unpaired) electrons. The molecule has 0 aliphatic carbocycles. The van der Waals surface area contributed by atoms with Gasteiger partial charge in [0.25, 0.3) is 0 Å². The molecule has 1 heteroatoms. The SMILES string of the molecule is [CH2]C(=C)SCC. The van der Waals surface area contributed by atoms with Gasteiger partial charge in [0, 0.05) is 0 Å². The largest absolute Gasteiger partial charge is 0.132 e. The van der Waals surface area contributed by atoms with Gasteiger partial charge < -0.3 is 0 Å². The minimum Gasteiger partial charge on any atom is -0.132 e. The van der Waals surface area contributed by atoms with Crippen molar-refractivity contribution in [2.24, 2.45) is 0 Å². The van der Waals surface area contributed by atoms with E-state index in [1.54, 1.807) is 11.8 Å². The van der Waals surface area contributed by atoms with Crippen LogP contribution in [0.5, 0.6) is 0 Å². The summed E-state index contributed by atoms with van der Waals surface area (Å²) < 4.78 is 0. The van der Waals surface area contributed by atoms with Gasteiger partial charge in [-0.25, -0.2) is 0 Å². The maximum atomic E-state index is 3.60. The van der Waals surface area contributed by atoms with Crippen LogP contribution in [-0.2, 0) is 0 Å². The Labute approximate surface area is 43.6 Å². The van der Waals surface area contributed by atoms with Crippen LogP contribution < -0.4 is 0 Å². The first-order valence-corrected chi connectivity index (χ1v) is 2.89. The van der Waals surface area contributed by atoms with E-state index in [9.17, 15) is 0 Å². The van der Waals surface area contributed by atoms with Crippen molar-refractivity contribution in [2.75, 3.05) is 5.75 Å². The van der Waals surface area contributed by atoms with Gasteiger partial charge in [-0.05, 0) is 17.6 Å². The molecule has 0 nitrogen and oxygen atoms in total. The first kappa shape index (κ1) is 6.09. The third-order valence-electron chi connectivity index (χ3n) is 0.348. The lowest BCUT2D eigenvalue weighted by molar-refractivity contribution is 1.53. The number of rotatable bonds is 2. The van der Waals surface area contributed by atoms with E-state index in [0.717, 1.165) is 10.7 Å². The van der Waals surface area contributed by atoms with E-state index in [4.69, 9.17) is 0 Å². The number of hydrogen-bond acceptors (Lipinski definition) is 1. The molecular formula is C5H9S. The molecule has 0 unspecified atom stereocenters. The summed E-state index contributed by atoms with van der Waals surface area (Å²) in [5.41, 5.74) is 0. The Kier molecular flexibility index (Phi) is 3.34. The summed E-state index contributed by atoms with van der Waals surface area (Å²) in [6.45, 7) is 9.28. The molecule has 0 heterocycles. The van der Waals surface area contributed by atoms with Crippen LogP contribution in [0.1, 0.15) is 6.92 Å². The minimum absolute atomic E-state index is 0.956. The van der Waals surface area contributed by atoms with Gasteiger partial charge in [-0.3, -0.25) is 0 Å². The quantitative estimate of drug-likeness (QED) is 0.513. The van der Waals surface area contributed by atoms with Crippen LogP contribution in [0.15, 0.2) is 11.5 Å². The van der Waals surface area contributed by atoms with E-state index < -0.39 is 0 Å². The Bertz CT molecular complexity index is 47.9. The standard InChI is InChI=1S/C5H9S/c1-4-6-5(2)3/h2-4H2,1H3. The summed E-state index contributed by atoms with van der Waals surface area (Å²) in [5.74, 6) is 1.09. The predicted octanol–water partition coefficient (Wildman–Crippen LogP) is 2.09. The summed E-state index contributed by atoms with van der Waals surface area (Å²) >= 11 is 1.68. The highest BCUT2D eigenvalue weighted by molar-refractivity contribution is 8.03. The minimum atomic E-state index is 0.956. The molecule has 0 aromatic carbocycles. The lowest BCUT2D eigenvalue weighted by Gasteiger charge is -1.87. The molecule has 0 saturated heterocycles. The van der Waals surface area contributed by atoms with Crippen molar-refractivity contribution in [3.05, 3.63) is 18.4 Å². The molecule has 0 aromatic heterocycles.